The monoisotopic (exact) mass is 245 g/mol. The first-order valence-electron chi connectivity index (χ1n) is 4.17. The number of alkyl halides is 1. The Bertz CT molecular complexity index is 285. The van der Waals surface area contributed by atoms with Gasteiger partial charge in [0.1, 0.15) is 5.41 Å². The number of rotatable bonds is 2. The lowest BCUT2D eigenvalue weighted by molar-refractivity contribution is -0.139. The first kappa shape index (κ1) is 10.4. The summed E-state index contributed by atoms with van der Waals surface area (Å²) in [4.78, 5) is 23.2. The van der Waals surface area contributed by atoms with E-state index in [9.17, 15) is 9.59 Å². The van der Waals surface area contributed by atoms with Crippen LogP contribution in [0, 0.1) is 5.41 Å². The first-order chi connectivity index (χ1) is 6.06. The Morgan fingerprint density at radius 2 is 2.15 bits per heavy atom. The Morgan fingerprint density at radius 3 is 2.62 bits per heavy atom. The molecule has 1 heterocycles. The SMILES string of the molecule is CCC1(C)C(=O)NC=C(CBr)C1=O. The lowest BCUT2D eigenvalue weighted by Gasteiger charge is -2.29. The van der Waals surface area contributed by atoms with Crippen LogP contribution in [0.5, 0.6) is 0 Å². The Morgan fingerprint density at radius 1 is 1.54 bits per heavy atom. The molecule has 0 aromatic heterocycles. The molecule has 1 rings (SSSR count). The molecular formula is C9H12BrNO2. The average Bonchev–Trinajstić information content (AvgIpc) is 2.15. The van der Waals surface area contributed by atoms with Crippen LogP contribution in [0.4, 0.5) is 0 Å². The molecule has 0 aliphatic carbocycles. The number of hydrogen-bond donors (Lipinski definition) is 1. The fraction of sp³-hybridized carbons (Fsp3) is 0.556. The zero-order chi connectivity index (χ0) is 10.1. The Balaban J connectivity index is 3.06. The van der Waals surface area contributed by atoms with Gasteiger partial charge in [0.2, 0.25) is 5.91 Å². The van der Waals surface area contributed by atoms with Crippen molar-refractivity contribution in [3.8, 4) is 0 Å². The molecule has 3 nitrogen and oxygen atoms in total. The largest absolute Gasteiger partial charge is 0.331 e. The van der Waals surface area contributed by atoms with E-state index < -0.39 is 5.41 Å². The van der Waals surface area contributed by atoms with E-state index in [0.717, 1.165) is 0 Å². The highest BCUT2D eigenvalue weighted by molar-refractivity contribution is 9.09. The van der Waals surface area contributed by atoms with Gasteiger partial charge in [0, 0.05) is 17.1 Å². The zero-order valence-corrected chi connectivity index (χ0v) is 9.27. The number of carbonyl (C=O) groups is 2. The van der Waals surface area contributed by atoms with Crippen LogP contribution >= 0.6 is 15.9 Å². The zero-order valence-electron chi connectivity index (χ0n) is 7.69. The molecule has 1 unspecified atom stereocenters. The van der Waals surface area contributed by atoms with Crippen LogP contribution < -0.4 is 5.32 Å². The fourth-order valence-corrected chi connectivity index (χ4v) is 1.67. The minimum absolute atomic E-state index is 0.0735. The predicted molar refractivity (Wildman–Crippen MR) is 53.4 cm³/mol. The van der Waals surface area contributed by atoms with Gasteiger partial charge in [0.05, 0.1) is 0 Å². The van der Waals surface area contributed by atoms with E-state index in [0.29, 0.717) is 17.3 Å². The van der Waals surface area contributed by atoms with E-state index in [4.69, 9.17) is 0 Å². The number of nitrogens with one attached hydrogen (secondary N) is 1. The van der Waals surface area contributed by atoms with Gasteiger partial charge in [-0.2, -0.15) is 0 Å². The Labute approximate surface area is 85.7 Å². The highest BCUT2D eigenvalue weighted by Crippen LogP contribution is 2.29. The molecule has 72 valence electrons. The molecule has 1 N–H and O–H groups in total. The summed E-state index contributed by atoms with van der Waals surface area (Å²) in [5, 5.41) is 3.09. The summed E-state index contributed by atoms with van der Waals surface area (Å²) in [7, 11) is 0. The molecule has 13 heavy (non-hydrogen) atoms. The molecular weight excluding hydrogens is 234 g/mol. The summed E-state index contributed by atoms with van der Waals surface area (Å²) < 4.78 is 0. The van der Waals surface area contributed by atoms with Gasteiger partial charge in [0.15, 0.2) is 5.78 Å². The quantitative estimate of drug-likeness (QED) is 0.591. The van der Waals surface area contributed by atoms with Crippen molar-refractivity contribution in [1.82, 2.24) is 5.32 Å². The molecule has 0 fully saturated rings. The number of carbonyl (C=O) groups excluding carboxylic acids is 2. The van der Waals surface area contributed by atoms with Gasteiger partial charge in [-0.1, -0.05) is 22.9 Å². The molecule has 1 amide bonds. The third-order valence-corrected chi connectivity index (χ3v) is 3.13. The van der Waals surface area contributed by atoms with Crippen LogP contribution in [0.1, 0.15) is 20.3 Å². The van der Waals surface area contributed by atoms with E-state index in [1.165, 1.54) is 6.20 Å². The summed E-state index contributed by atoms with van der Waals surface area (Å²) >= 11 is 3.21. The van der Waals surface area contributed by atoms with Gasteiger partial charge in [-0.25, -0.2) is 0 Å². The van der Waals surface area contributed by atoms with Crippen molar-refractivity contribution in [3.63, 3.8) is 0 Å². The molecule has 0 aromatic carbocycles. The maximum atomic E-state index is 11.8. The van der Waals surface area contributed by atoms with Gasteiger partial charge < -0.3 is 5.32 Å². The molecule has 0 radical (unpaired) electrons. The Hall–Kier alpha value is -0.640. The molecule has 0 spiro atoms. The van der Waals surface area contributed by atoms with Gasteiger partial charge in [-0.15, -0.1) is 0 Å². The van der Waals surface area contributed by atoms with Crippen LogP contribution in [0.2, 0.25) is 0 Å². The van der Waals surface area contributed by atoms with Crippen LogP contribution in [-0.4, -0.2) is 17.0 Å². The smallest absolute Gasteiger partial charge is 0.237 e. The van der Waals surface area contributed by atoms with E-state index in [1.807, 2.05) is 6.92 Å². The third-order valence-electron chi connectivity index (χ3n) is 2.52. The van der Waals surface area contributed by atoms with E-state index in [-0.39, 0.29) is 11.7 Å². The lowest BCUT2D eigenvalue weighted by atomic mass is 9.77. The normalized spacial score (nSPS) is 28.4. The predicted octanol–water partition coefficient (Wildman–Crippen LogP) is 1.38. The van der Waals surface area contributed by atoms with Crippen LogP contribution in [-0.2, 0) is 9.59 Å². The molecule has 1 atom stereocenters. The molecule has 0 aromatic rings. The highest BCUT2D eigenvalue weighted by Gasteiger charge is 2.42. The van der Waals surface area contributed by atoms with Gasteiger partial charge in [0.25, 0.3) is 0 Å². The molecule has 4 heteroatoms. The standard InChI is InChI=1S/C9H12BrNO2/c1-3-9(2)7(12)6(4-10)5-11-8(9)13/h5H,3-4H2,1-2H3,(H,11,13). The molecule has 1 aliphatic rings. The number of hydrogen-bond acceptors (Lipinski definition) is 2. The van der Waals surface area contributed by atoms with Crippen molar-refractivity contribution in [2.45, 2.75) is 20.3 Å². The third kappa shape index (κ3) is 1.55. The minimum Gasteiger partial charge on any atom is -0.331 e. The Kier molecular flexibility index (Phi) is 2.91. The van der Waals surface area contributed by atoms with Crippen LogP contribution in [0.25, 0.3) is 0 Å². The van der Waals surface area contributed by atoms with Crippen molar-refractivity contribution < 1.29 is 9.59 Å². The maximum absolute atomic E-state index is 11.8. The van der Waals surface area contributed by atoms with Gasteiger partial charge >= 0.3 is 0 Å². The van der Waals surface area contributed by atoms with E-state index in [2.05, 4.69) is 21.2 Å². The number of Topliss-reactive ketones (excluding diaryl/α,β-unsaturated/α-hetero) is 1. The van der Waals surface area contributed by atoms with Gasteiger partial charge in [-0.05, 0) is 13.3 Å². The molecule has 0 saturated carbocycles. The molecule has 0 bridgehead atoms. The highest BCUT2D eigenvalue weighted by atomic mass is 79.9. The second kappa shape index (κ2) is 3.62. The van der Waals surface area contributed by atoms with Crippen molar-refractivity contribution >= 4 is 27.6 Å². The number of halogens is 1. The van der Waals surface area contributed by atoms with Gasteiger partial charge in [-0.3, -0.25) is 9.59 Å². The summed E-state index contributed by atoms with van der Waals surface area (Å²) in [6.07, 6.45) is 2.01. The van der Waals surface area contributed by atoms with E-state index in [1.54, 1.807) is 6.92 Å². The molecule has 0 saturated heterocycles. The van der Waals surface area contributed by atoms with E-state index >= 15 is 0 Å². The summed E-state index contributed by atoms with van der Waals surface area (Å²) in [5.74, 6) is -0.277. The summed E-state index contributed by atoms with van der Waals surface area (Å²) in [6, 6.07) is 0. The number of allylic oxidation sites excluding steroid dienone is 1. The second-order valence-corrected chi connectivity index (χ2v) is 3.85. The van der Waals surface area contributed by atoms with Crippen molar-refractivity contribution in [2.75, 3.05) is 5.33 Å². The first-order valence-corrected chi connectivity index (χ1v) is 5.29. The topological polar surface area (TPSA) is 46.2 Å². The summed E-state index contributed by atoms with van der Waals surface area (Å²) in [5.41, 5.74) is -0.248. The van der Waals surface area contributed by atoms with Crippen LogP contribution in [0.15, 0.2) is 11.8 Å². The second-order valence-electron chi connectivity index (χ2n) is 3.29. The van der Waals surface area contributed by atoms with Crippen molar-refractivity contribution in [1.29, 1.82) is 0 Å². The lowest BCUT2D eigenvalue weighted by Crippen LogP contribution is -2.47. The average molecular weight is 246 g/mol. The number of ketones is 1. The van der Waals surface area contributed by atoms with Crippen LogP contribution in [0.3, 0.4) is 0 Å². The molecule has 1 aliphatic heterocycles. The minimum atomic E-state index is -0.877. The number of amides is 1. The van der Waals surface area contributed by atoms with Crippen molar-refractivity contribution in [2.24, 2.45) is 5.41 Å². The summed E-state index contributed by atoms with van der Waals surface area (Å²) in [6.45, 7) is 3.52. The maximum Gasteiger partial charge on any atom is 0.237 e. The fourth-order valence-electron chi connectivity index (χ4n) is 1.26. The van der Waals surface area contributed by atoms with Crippen molar-refractivity contribution in [3.05, 3.63) is 11.8 Å².